The molecule has 2 aromatic heterocycles. The van der Waals surface area contributed by atoms with E-state index in [0.717, 1.165) is 0 Å². The van der Waals surface area contributed by atoms with E-state index >= 15 is 0 Å². The molecule has 0 atom stereocenters. The van der Waals surface area contributed by atoms with Gasteiger partial charge >= 0.3 is 6.09 Å². The van der Waals surface area contributed by atoms with Gasteiger partial charge in [0.25, 0.3) is 0 Å². The Morgan fingerprint density at radius 1 is 1.33 bits per heavy atom. The predicted molar refractivity (Wildman–Crippen MR) is 88.0 cm³/mol. The molecular weight excluding hydrogens is 312 g/mol. The Kier molecular flexibility index (Phi) is 4.15. The van der Waals surface area contributed by atoms with Crippen molar-refractivity contribution in [2.45, 2.75) is 6.92 Å². The lowest BCUT2D eigenvalue weighted by atomic mass is 10.1. The molecule has 2 N–H and O–H groups in total. The number of phenols is 1. The zero-order valence-corrected chi connectivity index (χ0v) is 12.8. The van der Waals surface area contributed by atoms with Crippen LogP contribution in [0, 0.1) is 0 Å². The molecule has 1 aromatic carbocycles. The monoisotopic (exact) mass is 326 g/mol. The van der Waals surface area contributed by atoms with Crippen molar-refractivity contribution in [3.8, 4) is 17.1 Å². The maximum atomic E-state index is 12.2. The first-order chi connectivity index (χ1) is 11.6. The van der Waals surface area contributed by atoms with E-state index in [-0.39, 0.29) is 34.9 Å². The minimum absolute atomic E-state index is 0.0149. The van der Waals surface area contributed by atoms with Gasteiger partial charge in [0.05, 0.1) is 17.6 Å². The second-order valence-electron chi connectivity index (χ2n) is 4.90. The van der Waals surface area contributed by atoms with Crippen LogP contribution in [0.2, 0.25) is 0 Å². The number of nitrogens with zero attached hydrogens (tertiary/aromatic N) is 1. The van der Waals surface area contributed by atoms with Gasteiger partial charge in [-0.15, -0.1) is 0 Å². The van der Waals surface area contributed by atoms with Gasteiger partial charge in [-0.2, -0.15) is 0 Å². The number of nitrogens with one attached hydrogen (secondary N) is 1. The lowest BCUT2D eigenvalue weighted by Crippen LogP contribution is -2.15. The van der Waals surface area contributed by atoms with Crippen LogP contribution in [0.4, 0.5) is 10.6 Å². The molecule has 122 valence electrons. The van der Waals surface area contributed by atoms with E-state index in [9.17, 15) is 14.7 Å². The Labute approximate surface area is 136 Å². The number of hydrogen-bond acceptors (Lipinski definition) is 6. The Balaban J connectivity index is 2.11. The largest absolute Gasteiger partial charge is 0.508 e. The molecule has 0 saturated heterocycles. The first-order valence-electron chi connectivity index (χ1n) is 7.24. The van der Waals surface area contributed by atoms with Gasteiger partial charge in [-0.3, -0.25) is 10.1 Å². The number of carbonyl (C=O) groups is 1. The Hall–Kier alpha value is -3.35. The van der Waals surface area contributed by atoms with Crippen LogP contribution in [0.15, 0.2) is 51.8 Å². The molecule has 0 saturated carbocycles. The molecule has 0 aliphatic carbocycles. The Bertz CT molecular complexity index is 965. The zero-order valence-electron chi connectivity index (χ0n) is 12.8. The molecule has 7 heteroatoms. The number of hydrogen-bond donors (Lipinski definition) is 2. The molecule has 1 amide bonds. The fourth-order valence-electron chi connectivity index (χ4n) is 2.24. The molecule has 24 heavy (non-hydrogen) atoms. The van der Waals surface area contributed by atoms with Crippen molar-refractivity contribution in [1.29, 1.82) is 0 Å². The van der Waals surface area contributed by atoms with Crippen LogP contribution in [0.1, 0.15) is 6.92 Å². The van der Waals surface area contributed by atoms with E-state index in [1.54, 1.807) is 19.1 Å². The van der Waals surface area contributed by atoms with E-state index in [0.29, 0.717) is 10.9 Å². The lowest BCUT2D eigenvalue weighted by Gasteiger charge is -2.09. The molecule has 3 aromatic rings. The third kappa shape index (κ3) is 3.05. The van der Waals surface area contributed by atoms with Crippen molar-refractivity contribution >= 4 is 22.9 Å². The average molecular weight is 326 g/mol. The average Bonchev–Trinajstić information content (AvgIpc) is 2.55. The number of phenolic OH excluding ortho intramolecular Hbond substituents is 1. The van der Waals surface area contributed by atoms with Crippen molar-refractivity contribution in [3.05, 3.63) is 52.8 Å². The fourth-order valence-corrected chi connectivity index (χ4v) is 2.24. The maximum Gasteiger partial charge on any atom is 0.412 e. The van der Waals surface area contributed by atoms with E-state index in [1.165, 1.54) is 30.5 Å². The van der Waals surface area contributed by atoms with E-state index in [2.05, 4.69) is 10.3 Å². The normalized spacial score (nSPS) is 10.5. The standard InChI is InChI=1S/C17H14N2O5/c1-2-23-17(22)19-16-12(4-3-7-18-16)15-9-13(21)11-6-5-10(20)8-14(11)24-15/h3-9,20H,2H2,1H3,(H,18,19,22). The van der Waals surface area contributed by atoms with Gasteiger partial charge in [-0.1, -0.05) is 0 Å². The van der Waals surface area contributed by atoms with Crippen molar-refractivity contribution in [2.24, 2.45) is 0 Å². The zero-order chi connectivity index (χ0) is 17.1. The number of pyridine rings is 1. The number of amides is 1. The van der Waals surface area contributed by atoms with Crippen molar-refractivity contribution < 1.29 is 19.1 Å². The van der Waals surface area contributed by atoms with Gasteiger partial charge in [0.15, 0.2) is 5.43 Å². The molecule has 7 nitrogen and oxygen atoms in total. The predicted octanol–water partition coefficient (Wildman–Crippen LogP) is 3.13. The quantitative estimate of drug-likeness (QED) is 0.766. The summed E-state index contributed by atoms with van der Waals surface area (Å²) in [5.74, 6) is 0.412. The summed E-state index contributed by atoms with van der Waals surface area (Å²) in [5, 5.41) is 12.4. The summed E-state index contributed by atoms with van der Waals surface area (Å²) in [6.45, 7) is 1.91. The topological polar surface area (TPSA) is 102 Å². The molecule has 2 heterocycles. The summed E-state index contributed by atoms with van der Waals surface area (Å²) in [7, 11) is 0. The van der Waals surface area contributed by atoms with E-state index < -0.39 is 6.09 Å². The number of benzene rings is 1. The smallest absolute Gasteiger partial charge is 0.412 e. The van der Waals surface area contributed by atoms with Gasteiger partial charge in [0, 0.05) is 18.3 Å². The second kappa shape index (κ2) is 6.41. The number of anilines is 1. The highest BCUT2D eigenvalue weighted by Gasteiger charge is 2.14. The van der Waals surface area contributed by atoms with E-state index in [1.807, 2.05) is 0 Å². The molecule has 3 rings (SSSR count). The second-order valence-corrected chi connectivity index (χ2v) is 4.90. The van der Waals surface area contributed by atoms with Gasteiger partial charge in [0.2, 0.25) is 0 Å². The number of rotatable bonds is 3. The molecule has 0 bridgehead atoms. The fraction of sp³-hybridized carbons (Fsp3) is 0.118. The molecule has 0 radical (unpaired) electrons. The van der Waals surface area contributed by atoms with Crippen molar-refractivity contribution in [2.75, 3.05) is 11.9 Å². The van der Waals surface area contributed by atoms with Crippen LogP contribution in [0.3, 0.4) is 0 Å². The van der Waals surface area contributed by atoms with Crippen LogP contribution in [0.5, 0.6) is 5.75 Å². The molecule has 0 unspecified atom stereocenters. The van der Waals surface area contributed by atoms with Crippen LogP contribution in [0.25, 0.3) is 22.3 Å². The number of aromatic hydroxyl groups is 1. The third-order valence-corrected chi connectivity index (χ3v) is 3.28. The van der Waals surface area contributed by atoms with Crippen molar-refractivity contribution in [3.63, 3.8) is 0 Å². The van der Waals surface area contributed by atoms with Crippen LogP contribution in [-0.2, 0) is 4.74 Å². The molecular formula is C17H14N2O5. The van der Waals surface area contributed by atoms with Crippen LogP contribution in [-0.4, -0.2) is 22.8 Å². The molecule has 0 spiro atoms. The number of fused-ring (bicyclic) bond motifs is 1. The van der Waals surface area contributed by atoms with Crippen LogP contribution < -0.4 is 10.7 Å². The van der Waals surface area contributed by atoms with Gasteiger partial charge < -0.3 is 14.3 Å². The minimum Gasteiger partial charge on any atom is -0.508 e. The number of ether oxygens (including phenoxy) is 1. The number of carbonyl (C=O) groups excluding carboxylic acids is 1. The maximum absolute atomic E-state index is 12.2. The summed E-state index contributed by atoms with van der Waals surface area (Å²) in [6.07, 6.45) is 0.842. The summed E-state index contributed by atoms with van der Waals surface area (Å²) in [5.41, 5.74) is 0.397. The summed E-state index contributed by atoms with van der Waals surface area (Å²) >= 11 is 0. The summed E-state index contributed by atoms with van der Waals surface area (Å²) < 4.78 is 10.5. The van der Waals surface area contributed by atoms with Gasteiger partial charge in [0.1, 0.15) is 22.9 Å². The first-order valence-corrected chi connectivity index (χ1v) is 7.24. The SMILES string of the molecule is CCOC(=O)Nc1ncccc1-c1cc(=O)c2ccc(O)cc2o1. The Morgan fingerprint density at radius 3 is 2.96 bits per heavy atom. The molecule has 0 aliphatic heterocycles. The van der Waals surface area contributed by atoms with Gasteiger partial charge in [-0.25, -0.2) is 9.78 Å². The number of aromatic nitrogens is 1. The van der Waals surface area contributed by atoms with Crippen molar-refractivity contribution in [1.82, 2.24) is 4.98 Å². The van der Waals surface area contributed by atoms with Crippen LogP contribution >= 0.6 is 0 Å². The summed E-state index contributed by atoms with van der Waals surface area (Å²) in [4.78, 5) is 27.9. The molecule has 0 aliphatic rings. The minimum atomic E-state index is -0.654. The highest BCUT2D eigenvalue weighted by atomic mass is 16.5. The summed E-state index contributed by atoms with van der Waals surface area (Å²) in [6, 6.07) is 8.87. The van der Waals surface area contributed by atoms with Gasteiger partial charge in [-0.05, 0) is 31.2 Å². The first kappa shape index (κ1) is 15.5. The highest BCUT2D eigenvalue weighted by molar-refractivity contribution is 5.89. The Morgan fingerprint density at radius 2 is 2.17 bits per heavy atom. The third-order valence-electron chi connectivity index (χ3n) is 3.28. The lowest BCUT2D eigenvalue weighted by molar-refractivity contribution is 0.168. The highest BCUT2D eigenvalue weighted by Crippen LogP contribution is 2.28. The van der Waals surface area contributed by atoms with E-state index in [4.69, 9.17) is 9.15 Å². The molecule has 0 fully saturated rings.